The van der Waals surface area contributed by atoms with Crippen LogP contribution in [0, 0.1) is 11.3 Å². The first-order valence-electron chi connectivity index (χ1n) is 5.93. The van der Waals surface area contributed by atoms with Gasteiger partial charge in [0.2, 0.25) is 0 Å². The fraction of sp³-hybridized carbons (Fsp3) is 0.417. The quantitative estimate of drug-likeness (QED) is 0.588. The minimum Gasteiger partial charge on any atom is -0.308 e. The van der Waals surface area contributed by atoms with Crippen LogP contribution in [0.15, 0.2) is 30.3 Å². The molecule has 0 amide bonds. The molecule has 5 nitrogen and oxygen atoms in total. The van der Waals surface area contributed by atoms with E-state index < -0.39 is 12.8 Å². The highest BCUT2D eigenvalue weighted by Gasteiger charge is 2.22. The summed E-state index contributed by atoms with van der Waals surface area (Å²) in [6.45, 7) is 1.56. The molecular formula is C12H17N2O3PS. The molecule has 0 aliphatic rings. The molecule has 0 spiro atoms. The summed E-state index contributed by atoms with van der Waals surface area (Å²) in [7, 11) is 0. The van der Waals surface area contributed by atoms with Crippen molar-refractivity contribution in [2.24, 2.45) is 0 Å². The van der Waals surface area contributed by atoms with Crippen molar-refractivity contribution in [1.82, 2.24) is 5.48 Å². The van der Waals surface area contributed by atoms with Gasteiger partial charge in [-0.2, -0.15) is 10.7 Å². The van der Waals surface area contributed by atoms with Crippen LogP contribution in [-0.4, -0.2) is 13.2 Å². The van der Waals surface area contributed by atoms with Gasteiger partial charge in [0.1, 0.15) is 6.04 Å². The van der Waals surface area contributed by atoms with E-state index in [0.717, 1.165) is 5.56 Å². The minimum absolute atomic E-state index is 0.390. The molecule has 1 atom stereocenters. The summed E-state index contributed by atoms with van der Waals surface area (Å²) >= 11 is 5.19. The van der Waals surface area contributed by atoms with Crippen LogP contribution >= 0.6 is 6.72 Å². The number of rotatable bonds is 8. The predicted octanol–water partition coefficient (Wildman–Crippen LogP) is 3.07. The molecule has 1 N–H and O–H groups in total. The van der Waals surface area contributed by atoms with Gasteiger partial charge >= 0.3 is 6.72 Å². The molecule has 0 radical (unpaired) electrons. The van der Waals surface area contributed by atoms with E-state index in [1.807, 2.05) is 44.2 Å². The summed E-state index contributed by atoms with van der Waals surface area (Å²) in [6.07, 6.45) is 0. The van der Waals surface area contributed by atoms with E-state index in [2.05, 4.69) is 11.5 Å². The first kappa shape index (κ1) is 16.3. The Bertz CT molecular complexity index is 454. The second kappa shape index (κ2) is 8.39. The van der Waals surface area contributed by atoms with Crippen LogP contribution in [0.2, 0.25) is 0 Å². The van der Waals surface area contributed by atoms with Crippen molar-refractivity contribution >= 4 is 18.5 Å². The van der Waals surface area contributed by atoms with Gasteiger partial charge in [-0.1, -0.05) is 30.3 Å². The topological polar surface area (TPSA) is 63.5 Å². The van der Waals surface area contributed by atoms with Gasteiger partial charge in [0.15, 0.2) is 0 Å². The third kappa shape index (κ3) is 5.37. The van der Waals surface area contributed by atoms with Gasteiger partial charge in [0.05, 0.1) is 19.3 Å². The fourth-order valence-electron chi connectivity index (χ4n) is 1.34. The Kier molecular flexibility index (Phi) is 7.17. The molecule has 0 saturated heterocycles. The lowest BCUT2D eigenvalue weighted by Gasteiger charge is -2.21. The Labute approximate surface area is 118 Å². The zero-order chi connectivity index (χ0) is 14.1. The van der Waals surface area contributed by atoms with E-state index in [-0.39, 0.29) is 0 Å². The van der Waals surface area contributed by atoms with Crippen LogP contribution in [0.4, 0.5) is 0 Å². The molecule has 0 heterocycles. The molecule has 0 aliphatic heterocycles. The van der Waals surface area contributed by atoms with Crippen molar-refractivity contribution < 1.29 is 13.7 Å². The summed E-state index contributed by atoms with van der Waals surface area (Å²) in [5.41, 5.74) is 3.42. The number of nitriles is 1. The van der Waals surface area contributed by atoms with Crippen LogP contribution in [-0.2, 0) is 25.5 Å². The van der Waals surface area contributed by atoms with E-state index in [9.17, 15) is 0 Å². The van der Waals surface area contributed by atoms with Crippen molar-refractivity contribution in [3.05, 3.63) is 35.9 Å². The Balaban J connectivity index is 2.67. The molecule has 1 aromatic carbocycles. The largest absolute Gasteiger partial charge is 0.344 e. The van der Waals surface area contributed by atoms with E-state index in [1.165, 1.54) is 0 Å². The third-order valence-electron chi connectivity index (χ3n) is 2.12. The molecule has 104 valence electrons. The lowest BCUT2D eigenvalue weighted by atomic mass is 10.1. The molecule has 7 heteroatoms. The van der Waals surface area contributed by atoms with Crippen LogP contribution in [0.5, 0.6) is 0 Å². The van der Waals surface area contributed by atoms with E-state index in [1.54, 1.807) is 0 Å². The molecule has 0 aliphatic carbocycles. The van der Waals surface area contributed by atoms with Gasteiger partial charge in [-0.25, -0.2) is 4.62 Å². The highest BCUT2D eigenvalue weighted by atomic mass is 32.5. The van der Waals surface area contributed by atoms with E-state index in [0.29, 0.717) is 13.2 Å². The number of nitrogens with one attached hydrogen (secondary N) is 1. The third-order valence-corrected chi connectivity index (χ3v) is 4.45. The van der Waals surface area contributed by atoms with Crippen LogP contribution in [0.1, 0.15) is 25.5 Å². The molecule has 19 heavy (non-hydrogen) atoms. The van der Waals surface area contributed by atoms with Gasteiger partial charge in [-0.05, 0) is 31.2 Å². The van der Waals surface area contributed by atoms with Crippen molar-refractivity contribution in [3.63, 3.8) is 0 Å². The van der Waals surface area contributed by atoms with Crippen LogP contribution < -0.4 is 5.48 Å². The van der Waals surface area contributed by atoms with Crippen LogP contribution in [0.3, 0.4) is 0 Å². The van der Waals surface area contributed by atoms with E-state index >= 15 is 0 Å². The maximum atomic E-state index is 9.14. The maximum absolute atomic E-state index is 9.14. The molecule has 0 saturated carbocycles. The molecule has 1 rings (SSSR count). The van der Waals surface area contributed by atoms with E-state index in [4.69, 9.17) is 30.7 Å². The number of nitrogens with zero attached hydrogens (tertiary/aromatic N) is 1. The molecular weight excluding hydrogens is 283 g/mol. The highest BCUT2D eigenvalue weighted by molar-refractivity contribution is 8.07. The first-order chi connectivity index (χ1) is 9.15. The van der Waals surface area contributed by atoms with Gasteiger partial charge in [-0.3, -0.25) is 0 Å². The Hall–Kier alpha value is -0.800. The predicted molar refractivity (Wildman–Crippen MR) is 76.6 cm³/mol. The van der Waals surface area contributed by atoms with Crippen molar-refractivity contribution in [2.75, 3.05) is 13.2 Å². The monoisotopic (exact) mass is 300 g/mol. The molecule has 0 fully saturated rings. The number of hydrogen-bond acceptors (Lipinski definition) is 6. The summed E-state index contributed by atoms with van der Waals surface area (Å²) in [6, 6.07) is 10.7. The Morgan fingerprint density at radius 1 is 1.26 bits per heavy atom. The van der Waals surface area contributed by atoms with Gasteiger partial charge in [-0.15, -0.1) is 0 Å². The lowest BCUT2D eigenvalue weighted by Crippen LogP contribution is -2.20. The summed E-state index contributed by atoms with van der Waals surface area (Å²) in [5.74, 6) is 0. The summed E-state index contributed by atoms with van der Waals surface area (Å²) in [4.78, 5) is 0. The summed E-state index contributed by atoms with van der Waals surface area (Å²) < 4.78 is 15.9. The normalized spacial score (nSPS) is 12.9. The Morgan fingerprint density at radius 3 is 2.32 bits per heavy atom. The fourth-order valence-corrected chi connectivity index (χ4v) is 3.15. The number of hydroxylamine groups is 1. The smallest absolute Gasteiger partial charge is 0.308 e. The van der Waals surface area contributed by atoms with Gasteiger partial charge < -0.3 is 9.05 Å². The zero-order valence-electron chi connectivity index (χ0n) is 10.9. The van der Waals surface area contributed by atoms with Gasteiger partial charge in [0, 0.05) is 0 Å². The Morgan fingerprint density at radius 2 is 1.84 bits per heavy atom. The molecule has 0 bridgehead atoms. The average molecular weight is 300 g/mol. The lowest BCUT2D eigenvalue weighted by molar-refractivity contribution is 0.103. The standard InChI is InChI=1S/C12H17N2O3PS/c1-3-15-18(19,16-4-2)17-14-12(10-13)11-8-6-5-7-9-11/h5-9,12,14H,3-4H2,1-2H3. The second-order valence-corrected chi connectivity index (χ2v) is 6.40. The SMILES string of the molecule is CCOP(=S)(OCC)ONC(C#N)c1ccccc1. The minimum atomic E-state index is -2.84. The second-order valence-electron chi connectivity index (χ2n) is 3.46. The number of hydrogen-bond donors (Lipinski definition) is 1. The van der Waals surface area contributed by atoms with Crippen molar-refractivity contribution in [1.29, 1.82) is 5.26 Å². The molecule has 1 aromatic rings. The molecule has 0 aromatic heterocycles. The first-order valence-corrected chi connectivity index (χ1v) is 8.48. The van der Waals surface area contributed by atoms with Crippen molar-refractivity contribution in [2.45, 2.75) is 19.9 Å². The van der Waals surface area contributed by atoms with Crippen LogP contribution in [0.25, 0.3) is 0 Å². The average Bonchev–Trinajstić information content (AvgIpc) is 2.41. The highest BCUT2D eigenvalue weighted by Crippen LogP contribution is 2.49. The zero-order valence-corrected chi connectivity index (χ0v) is 12.6. The number of benzene rings is 1. The maximum Gasteiger partial charge on any atom is 0.344 e. The van der Waals surface area contributed by atoms with Gasteiger partial charge in [0.25, 0.3) is 0 Å². The molecule has 1 unspecified atom stereocenters. The van der Waals surface area contributed by atoms with Crippen molar-refractivity contribution in [3.8, 4) is 6.07 Å². The summed E-state index contributed by atoms with van der Waals surface area (Å²) in [5, 5.41) is 9.14.